The van der Waals surface area contributed by atoms with Crippen LogP contribution in [0.1, 0.15) is 80.3 Å². The van der Waals surface area contributed by atoms with Crippen LogP contribution >= 0.6 is 0 Å². The van der Waals surface area contributed by atoms with E-state index < -0.39 is 6.10 Å². The van der Waals surface area contributed by atoms with Gasteiger partial charge in [0.25, 0.3) is 11.8 Å². The molecule has 166 valence electrons. The highest BCUT2D eigenvalue weighted by molar-refractivity contribution is 6.04. The summed E-state index contributed by atoms with van der Waals surface area (Å²) in [6, 6.07) is 13.4. The van der Waals surface area contributed by atoms with Gasteiger partial charge in [0.05, 0.1) is 11.3 Å². The van der Waals surface area contributed by atoms with Gasteiger partial charge in [-0.25, -0.2) is 0 Å². The lowest BCUT2D eigenvalue weighted by Gasteiger charge is -2.23. The number of hydrogen-bond donors (Lipinski definition) is 2. The molecular formula is C26H34N2O3. The second kappa shape index (κ2) is 10.5. The molecule has 0 bridgehead atoms. The number of anilines is 1. The Labute approximate surface area is 185 Å². The Hall–Kier alpha value is -2.82. The topological polar surface area (TPSA) is 67.4 Å². The Bertz CT molecular complexity index is 917. The van der Waals surface area contributed by atoms with Gasteiger partial charge in [-0.15, -0.1) is 0 Å². The summed E-state index contributed by atoms with van der Waals surface area (Å²) in [5.74, 6) is 0.585. The SMILES string of the molecule is Cc1ccc(C(C)C)c(O[C@H](C)C(=O)Nc2ccccc2C(=O)NC2CCCCC2)c1. The van der Waals surface area contributed by atoms with Crippen molar-refractivity contribution in [2.45, 2.75) is 77.9 Å². The van der Waals surface area contributed by atoms with Crippen LogP contribution in [0.4, 0.5) is 5.69 Å². The Morgan fingerprint density at radius 1 is 1.00 bits per heavy atom. The molecule has 2 aromatic carbocycles. The fourth-order valence-corrected chi connectivity index (χ4v) is 4.00. The molecule has 1 aliphatic rings. The lowest BCUT2D eigenvalue weighted by molar-refractivity contribution is -0.122. The minimum atomic E-state index is -0.700. The highest BCUT2D eigenvalue weighted by Gasteiger charge is 2.22. The fourth-order valence-electron chi connectivity index (χ4n) is 4.00. The van der Waals surface area contributed by atoms with E-state index in [0.717, 1.165) is 42.6 Å². The fraction of sp³-hybridized carbons (Fsp3) is 0.462. The quantitative estimate of drug-likeness (QED) is 0.611. The number of benzene rings is 2. The molecule has 1 aliphatic carbocycles. The molecule has 5 heteroatoms. The first-order valence-corrected chi connectivity index (χ1v) is 11.3. The van der Waals surface area contributed by atoms with E-state index in [0.29, 0.717) is 11.3 Å². The van der Waals surface area contributed by atoms with Crippen molar-refractivity contribution in [1.82, 2.24) is 5.32 Å². The van der Waals surface area contributed by atoms with Crippen molar-refractivity contribution in [1.29, 1.82) is 0 Å². The molecule has 1 atom stereocenters. The van der Waals surface area contributed by atoms with Crippen LogP contribution in [0.15, 0.2) is 42.5 Å². The van der Waals surface area contributed by atoms with Crippen molar-refractivity contribution in [2.24, 2.45) is 0 Å². The summed E-state index contributed by atoms with van der Waals surface area (Å²) in [4.78, 5) is 25.7. The summed E-state index contributed by atoms with van der Waals surface area (Å²) in [6.07, 6.45) is 4.86. The van der Waals surface area contributed by atoms with Gasteiger partial charge in [0.2, 0.25) is 0 Å². The molecule has 0 aromatic heterocycles. The van der Waals surface area contributed by atoms with Gasteiger partial charge in [0.15, 0.2) is 6.10 Å². The molecule has 0 saturated heterocycles. The van der Waals surface area contributed by atoms with E-state index in [9.17, 15) is 9.59 Å². The van der Waals surface area contributed by atoms with Gasteiger partial charge in [-0.1, -0.05) is 57.4 Å². The smallest absolute Gasteiger partial charge is 0.265 e. The first-order valence-electron chi connectivity index (χ1n) is 11.3. The Morgan fingerprint density at radius 3 is 2.42 bits per heavy atom. The molecule has 0 radical (unpaired) electrons. The summed E-state index contributed by atoms with van der Waals surface area (Å²) >= 11 is 0. The number of para-hydroxylation sites is 1. The maximum atomic E-state index is 12.9. The van der Waals surface area contributed by atoms with E-state index in [1.165, 1.54) is 6.42 Å². The van der Waals surface area contributed by atoms with Crippen LogP contribution in [0.25, 0.3) is 0 Å². The average molecular weight is 423 g/mol. The largest absolute Gasteiger partial charge is 0.481 e. The molecule has 0 unspecified atom stereocenters. The number of ether oxygens (including phenoxy) is 1. The molecule has 0 heterocycles. The number of amides is 2. The molecule has 0 aliphatic heterocycles. The van der Waals surface area contributed by atoms with Gasteiger partial charge >= 0.3 is 0 Å². The molecule has 5 nitrogen and oxygen atoms in total. The molecule has 1 saturated carbocycles. The Morgan fingerprint density at radius 2 is 1.71 bits per heavy atom. The third-order valence-corrected chi connectivity index (χ3v) is 5.83. The van der Waals surface area contributed by atoms with Crippen LogP contribution in [-0.2, 0) is 4.79 Å². The van der Waals surface area contributed by atoms with Crippen molar-refractivity contribution >= 4 is 17.5 Å². The van der Waals surface area contributed by atoms with Crippen LogP contribution in [0.3, 0.4) is 0 Å². The molecule has 3 rings (SSSR count). The van der Waals surface area contributed by atoms with E-state index >= 15 is 0 Å². The highest BCUT2D eigenvalue weighted by atomic mass is 16.5. The third kappa shape index (κ3) is 6.09. The molecule has 2 amide bonds. The molecule has 2 aromatic rings. The van der Waals surface area contributed by atoms with Gasteiger partial charge < -0.3 is 15.4 Å². The predicted molar refractivity (Wildman–Crippen MR) is 125 cm³/mol. The van der Waals surface area contributed by atoms with Crippen LogP contribution in [0.2, 0.25) is 0 Å². The standard InChI is InChI=1S/C26H34N2O3/c1-17(2)21-15-14-18(3)16-24(21)31-19(4)25(29)28-23-13-9-8-12-22(23)26(30)27-20-10-6-5-7-11-20/h8-9,12-17,19-20H,5-7,10-11H2,1-4H3,(H,27,30)(H,28,29)/t19-/m1/s1. The zero-order chi connectivity index (χ0) is 22.4. The number of aryl methyl sites for hydroxylation is 1. The minimum Gasteiger partial charge on any atom is -0.481 e. The van der Waals surface area contributed by atoms with Gasteiger partial charge in [-0.05, 0) is 61.9 Å². The molecule has 1 fully saturated rings. The predicted octanol–water partition coefficient (Wildman–Crippen LogP) is 5.59. The summed E-state index contributed by atoms with van der Waals surface area (Å²) < 4.78 is 6.03. The van der Waals surface area contributed by atoms with Crippen molar-refractivity contribution in [3.63, 3.8) is 0 Å². The molecular weight excluding hydrogens is 388 g/mol. The van der Waals surface area contributed by atoms with Crippen LogP contribution < -0.4 is 15.4 Å². The summed E-state index contributed by atoms with van der Waals surface area (Å²) in [7, 11) is 0. The summed E-state index contributed by atoms with van der Waals surface area (Å²) in [5, 5.41) is 6.01. The first kappa shape index (κ1) is 22.9. The van der Waals surface area contributed by atoms with E-state index in [1.54, 1.807) is 19.1 Å². The van der Waals surface area contributed by atoms with Crippen LogP contribution in [0.5, 0.6) is 5.75 Å². The summed E-state index contributed by atoms with van der Waals surface area (Å²) in [6.45, 7) is 7.93. The number of nitrogens with one attached hydrogen (secondary N) is 2. The Balaban J connectivity index is 1.69. The maximum Gasteiger partial charge on any atom is 0.265 e. The number of hydrogen-bond acceptors (Lipinski definition) is 3. The van der Waals surface area contributed by atoms with Crippen molar-refractivity contribution in [3.05, 3.63) is 59.2 Å². The zero-order valence-electron chi connectivity index (χ0n) is 19.0. The maximum absolute atomic E-state index is 12.9. The third-order valence-electron chi connectivity index (χ3n) is 5.83. The second-order valence-electron chi connectivity index (χ2n) is 8.80. The lowest BCUT2D eigenvalue weighted by Crippen LogP contribution is -2.37. The van der Waals surface area contributed by atoms with E-state index in [4.69, 9.17) is 4.74 Å². The lowest BCUT2D eigenvalue weighted by atomic mass is 9.95. The van der Waals surface area contributed by atoms with E-state index in [-0.39, 0.29) is 23.8 Å². The first-order chi connectivity index (χ1) is 14.8. The van der Waals surface area contributed by atoms with Crippen LogP contribution in [0, 0.1) is 6.92 Å². The number of rotatable bonds is 7. The van der Waals surface area contributed by atoms with Crippen molar-refractivity contribution in [2.75, 3.05) is 5.32 Å². The monoisotopic (exact) mass is 422 g/mol. The number of carbonyl (C=O) groups is 2. The average Bonchev–Trinajstić information content (AvgIpc) is 2.74. The second-order valence-corrected chi connectivity index (χ2v) is 8.80. The molecule has 31 heavy (non-hydrogen) atoms. The van der Waals surface area contributed by atoms with Gasteiger partial charge in [-0.3, -0.25) is 9.59 Å². The summed E-state index contributed by atoms with van der Waals surface area (Å²) in [5.41, 5.74) is 3.13. The van der Waals surface area contributed by atoms with Crippen molar-refractivity contribution < 1.29 is 14.3 Å². The number of carbonyl (C=O) groups excluding carboxylic acids is 2. The highest BCUT2D eigenvalue weighted by Crippen LogP contribution is 2.28. The van der Waals surface area contributed by atoms with Crippen LogP contribution in [-0.4, -0.2) is 24.0 Å². The Kier molecular flexibility index (Phi) is 7.72. The molecule has 2 N–H and O–H groups in total. The molecule has 0 spiro atoms. The normalized spacial score (nSPS) is 15.4. The van der Waals surface area contributed by atoms with Gasteiger partial charge in [0.1, 0.15) is 5.75 Å². The van der Waals surface area contributed by atoms with Crippen molar-refractivity contribution in [3.8, 4) is 5.75 Å². The van der Waals surface area contributed by atoms with E-state index in [1.807, 2.05) is 37.3 Å². The van der Waals surface area contributed by atoms with Gasteiger partial charge in [-0.2, -0.15) is 0 Å². The van der Waals surface area contributed by atoms with Gasteiger partial charge in [0, 0.05) is 6.04 Å². The van der Waals surface area contributed by atoms with E-state index in [2.05, 4.69) is 24.5 Å². The zero-order valence-corrected chi connectivity index (χ0v) is 19.0. The minimum absolute atomic E-state index is 0.142.